The molecule has 0 atom stereocenters. The lowest BCUT2D eigenvalue weighted by Gasteiger charge is -2.11. The number of ether oxygens (including phenoxy) is 1. The summed E-state index contributed by atoms with van der Waals surface area (Å²) < 4.78 is 6.85. The molecular weight excluding hydrogens is 440 g/mol. The first-order chi connectivity index (χ1) is 14.3. The predicted molar refractivity (Wildman–Crippen MR) is 125 cm³/mol. The third-order valence-corrected chi connectivity index (χ3v) is 8.39. The highest BCUT2D eigenvalue weighted by molar-refractivity contribution is 7.98. The van der Waals surface area contributed by atoms with E-state index < -0.39 is 0 Å². The van der Waals surface area contributed by atoms with Crippen LogP contribution in [0.3, 0.4) is 0 Å². The maximum Gasteiger partial charge on any atom is 0.263 e. The van der Waals surface area contributed by atoms with E-state index in [1.54, 1.807) is 11.7 Å². The van der Waals surface area contributed by atoms with Gasteiger partial charge in [0, 0.05) is 16.9 Å². The van der Waals surface area contributed by atoms with Crippen LogP contribution in [0, 0.1) is 27.7 Å². The summed E-state index contributed by atoms with van der Waals surface area (Å²) in [5, 5.41) is 1.94. The molecule has 4 heterocycles. The van der Waals surface area contributed by atoms with Crippen LogP contribution in [0.2, 0.25) is 0 Å². The van der Waals surface area contributed by atoms with Crippen molar-refractivity contribution in [3.63, 3.8) is 0 Å². The Morgan fingerprint density at radius 2 is 1.63 bits per heavy atom. The van der Waals surface area contributed by atoms with Crippen molar-refractivity contribution in [2.75, 3.05) is 13.7 Å². The van der Waals surface area contributed by atoms with Gasteiger partial charge in [0.15, 0.2) is 5.16 Å². The average Bonchev–Trinajstić information content (AvgIpc) is 3.15. The molecule has 0 saturated heterocycles. The number of hydrogen-bond donors (Lipinski definition) is 1. The predicted octanol–water partition coefficient (Wildman–Crippen LogP) is 3.93. The molecule has 0 aliphatic heterocycles. The molecule has 0 aliphatic rings. The summed E-state index contributed by atoms with van der Waals surface area (Å²) in [5.74, 6) is 0.986. The number of thiophene rings is 2. The van der Waals surface area contributed by atoms with E-state index in [-0.39, 0.29) is 11.1 Å². The van der Waals surface area contributed by atoms with E-state index in [2.05, 4.69) is 9.97 Å². The van der Waals surface area contributed by atoms with Crippen LogP contribution < -0.4 is 11.1 Å². The lowest BCUT2D eigenvalue weighted by Crippen LogP contribution is -2.25. The van der Waals surface area contributed by atoms with Gasteiger partial charge in [0.05, 0.1) is 29.7 Å². The molecule has 7 nitrogen and oxygen atoms in total. The number of thioether (sulfide) groups is 1. The van der Waals surface area contributed by atoms with E-state index in [1.807, 2.05) is 27.7 Å². The third-order valence-electron chi connectivity index (χ3n) is 5.20. The van der Waals surface area contributed by atoms with Crippen molar-refractivity contribution in [1.82, 2.24) is 19.5 Å². The summed E-state index contributed by atoms with van der Waals surface area (Å²) in [6.45, 7) is 8.73. The highest BCUT2D eigenvalue weighted by Crippen LogP contribution is 2.30. The molecule has 0 radical (unpaired) electrons. The molecule has 0 fully saturated rings. The Kier molecular flexibility index (Phi) is 5.84. The molecular formula is C20H22N4O3S3. The SMILES string of the molecule is COCCn1c(SCc2nc3sc(C)c(C)c3c(=O)[nH]2)nc2sc(C)c(C)c2c1=O. The fraction of sp³-hybridized carbons (Fsp3) is 0.400. The minimum absolute atomic E-state index is 0.0530. The smallest absolute Gasteiger partial charge is 0.263 e. The zero-order chi connectivity index (χ0) is 21.6. The number of fused-ring (bicyclic) bond motifs is 2. The third kappa shape index (κ3) is 3.62. The van der Waals surface area contributed by atoms with E-state index in [0.717, 1.165) is 30.5 Å². The normalized spacial score (nSPS) is 11.8. The number of aromatic nitrogens is 4. The highest BCUT2D eigenvalue weighted by atomic mass is 32.2. The molecule has 4 rings (SSSR count). The first kappa shape index (κ1) is 21.2. The van der Waals surface area contributed by atoms with Gasteiger partial charge in [-0.25, -0.2) is 9.97 Å². The Labute approximate surface area is 185 Å². The first-order valence-corrected chi connectivity index (χ1v) is 12.0. The van der Waals surface area contributed by atoms with Gasteiger partial charge in [0.25, 0.3) is 11.1 Å². The number of nitrogens with one attached hydrogen (secondary N) is 1. The van der Waals surface area contributed by atoms with Gasteiger partial charge >= 0.3 is 0 Å². The summed E-state index contributed by atoms with van der Waals surface area (Å²) in [5.41, 5.74) is 1.78. The first-order valence-electron chi connectivity index (χ1n) is 9.43. The van der Waals surface area contributed by atoms with Gasteiger partial charge in [-0.1, -0.05) is 11.8 Å². The van der Waals surface area contributed by atoms with Gasteiger partial charge in [-0.05, 0) is 38.8 Å². The Morgan fingerprint density at radius 1 is 1.00 bits per heavy atom. The fourth-order valence-corrected chi connectivity index (χ4v) is 6.31. The number of rotatable bonds is 6. The van der Waals surface area contributed by atoms with Crippen molar-refractivity contribution in [2.45, 2.75) is 45.1 Å². The molecule has 30 heavy (non-hydrogen) atoms. The molecule has 0 amide bonds. The summed E-state index contributed by atoms with van der Waals surface area (Å²) in [6, 6.07) is 0. The monoisotopic (exact) mass is 462 g/mol. The quantitative estimate of drug-likeness (QED) is 0.345. The van der Waals surface area contributed by atoms with Crippen molar-refractivity contribution in [3.8, 4) is 0 Å². The fourth-order valence-electron chi connectivity index (χ4n) is 3.30. The van der Waals surface area contributed by atoms with Crippen LogP contribution in [0.1, 0.15) is 26.7 Å². The second kappa shape index (κ2) is 8.26. The highest BCUT2D eigenvalue weighted by Gasteiger charge is 2.18. The zero-order valence-corrected chi connectivity index (χ0v) is 19.9. The van der Waals surface area contributed by atoms with Crippen molar-refractivity contribution in [2.24, 2.45) is 0 Å². The van der Waals surface area contributed by atoms with Crippen molar-refractivity contribution in [3.05, 3.63) is 47.4 Å². The lowest BCUT2D eigenvalue weighted by atomic mass is 10.2. The van der Waals surface area contributed by atoms with Crippen LogP contribution in [0.4, 0.5) is 0 Å². The molecule has 0 spiro atoms. The number of hydrogen-bond acceptors (Lipinski definition) is 8. The van der Waals surface area contributed by atoms with Gasteiger partial charge in [0.2, 0.25) is 0 Å². The average molecular weight is 463 g/mol. The second-order valence-corrected chi connectivity index (χ2v) is 10.4. The summed E-state index contributed by atoms with van der Waals surface area (Å²) in [4.78, 5) is 41.6. The van der Waals surface area contributed by atoms with Crippen molar-refractivity contribution < 1.29 is 4.74 Å². The number of aryl methyl sites for hydroxylation is 4. The van der Waals surface area contributed by atoms with E-state index in [4.69, 9.17) is 9.72 Å². The Hall–Kier alpha value is -2.01. The van der Waals surface area contributed by atoms with E-state index in [0.29, 0.717) is 40.7 Å². The van der Waals surface area contributed by atoms with Crippen LogP contribution in [-0.4, -0.2) is 33.2 Å². The molecule has 0 saturated carbocycles. The van der Waals surface area contributed by atoms with Crippen LogP contribution in [-0.2, 0) is 17.0 Å². The van der Waals surface area contributed by atoms with Gasteiger partial charge in [0.1, 0.15) is 15.5 Å². The van der Waals surface area contributed by atoms with Crippen LogP contribution in [0.25, 0.3) is 20.4 Å². The molecule has 10 heteroatoms. The van der Waals surface area contributed by atoms with Gasteiger partial charge in [-0.15, -0.1) is 22.7 Å². The summed E-state index contributed by atoms with van der Waals surface area (Å²) >= 11 is 4.45. The number of aromatic amines is 1. The van der Waals surface area contributed by atoms with Gasteiger partial charge in [-0.3, -0.25) is 14.2 Å². The van der Waals surface area contributed by atoms with Gasteiger partial charge < -0.3 is 9.72 Å². The summed E-state index contributed by atoms with van der Waals surface area (Å²) in [7, 11) is 1.61. The molecule has 0 aromatic carbocycles. The second-order valence-electron chi connectivity index (χ2n) is 7.07. The lowest BCUT2D eigenvalue weighted by molar-refractivity contribution is 0.183. The largest absolute Gasteiger partial charge is 0.383 e. The maximum absolute atomic E-state index is 13.2. The topological polar surface area (TPSA) is 89.9 Å². The molecule has 0 unspecified atom stereocenters. The van der Waals surface area contributed by atoms with Crippen LogP contribution in [0.5, 0.6) is 0 Å². The van der Waals surface area contributed by atoms with Crippen molar-refractivity contribution in [1.29, 1.82) is 0 Å². The molecule has 1 N–H and O–H groups in total. The Morgan fingerprint density at radius 3 is 2.30 bits per heavy atom. The van der Waals surface area contributed by atoms with Crippen LogP contribution in [0.15, 0.2) is 14.7 Å². The minimum Gasteiger partial charge on any atom is -0.383 e. The molecule has 0 aliphatic carbocycles. The van der Waals surface area contributed by atoms with Crippen molar-refractivity contribution >= 4 is 54.9 Å². The Bertz CT molecular complexity index is 1380. The van der Waals surface area contributed by atoms with Crippen LogP contribution >= 0.6 is 34.4 Å². The summed E-state index contributed by atoms with van der Waals surface area (Å²) in [6.07, 6.45) is 0. The number of methoxy groups -OCH3 is 1. The molecule has 4 aromatic heterocycles. The number of H-pyrrole nitrogens is 1. The van der Waals surface area contributed by atoms with E-state index in [9.17, 15) is 9.59 Å². The molecule has 158 valence electrons. The van der Waals surface area contributed by atoms with Gasteiger partial charge in [-0.2, -0.15) is 0 Å². The molecule has 0 bridgehead atoms. The minimum atomic E-state index is -0.123. The van der Waals surface area contributed by atoms with E-state index in [1.165, 1.54) is 34.4 Å². The standard InChI is InChI=1S/C20H22N4O3S3/c1-9-11(3)29-17-14(9)16(25)21-13(22-17)8-28-20-23-18-15(10(2)12(4)30-18)19(26)24(20)6-7-27-5/h6-8H2,1-5H3,(H,21,22,25). The van der Waals surface area contributed by atoms with E-state index >= 15 is 0 Å². The maximum atomic E-state index is 13.2. The number of nitrogens with zero attached hydrogens (tertiary/aromatic N) is 3. The Balaban J connectivity index is 1.74. The molecule has 4 aromatic rings. The zero-order valence-electron chi connectivity index (χ0n) is 17.4.